The van der Waals surface area contributed by atoms with E-state index in [1.165, 1.54) is 0 Å². The van der Waals surface area contributed by atoms with Crippen molar-refractivity contribution in [3.05, 3.63) is 65.2 Å². The fraction of sp³-hybridized carbons (Fsp3) is 0.286. The number of thiocarbonyl (C=S) groups is 1. The lowest BCUT2D eigenvalue weighted by Crippen LogP contribution is -2.48. The van der Waals surface area contributed by atoms with Gasteiger partial charge in [-0.15, -0.1) is 0 Å². The Labute approximate surface area is 175 Å². The molecule has 7 heteroatoms. The van der Waals surface area contributed by atoms with Crippen molar-refractivity contribution >= 4 is 40.3 Å². The summed E-state index contributed by atoms with van der Waals surface area (Å²) >= 11 is 11.6. The largest absolute Gasteiger partial charge is 0.495 e. The van der Waals surface area contributed by atoms with Crippen molar-refractivity contribution in [3.8, 4) is 5.75 Å². The first-order valence-electron chi connectivity index (χ1n) is 9.20. The minimum Gasteiger partial charge on any atom is -0.495 e. The number of anilines is 1. The number of methoxy groups -OCH3 is 1. The van der Waals surface area contributed by atoms with Gasteiger partial charge in [0.05, 0.1) is 18.5 Å². The molecule has 2 heterocycles. The Morgan fingerprint density at radius 3 is 2.61 bits per heavy atom. The lowest BCUT2D eigenvalue weighted by molar-refractivity contribution is -0.0615. The molecular weight excluding hydrogens is 394 g/mol. The van der Waals surface area contributed by atoms with Gasteiger partial charge in [0.15, 0.2) is 5.11 Å². The number of hydrogen-bond donors (Lipinski definition) is 2. The molecule has 1 saturated heterocycles. The molecule has 28 heavy (non-hydrogen) atoms. The minimum atomic E-state index is -0.300. The van der Waals surface area contributed by atoms with Crippen molar-refractivity contribution in [1.82, 2.24) is 10.4 Å². The Kier molecular flexibility index (Phi) is 5.44. The van der Waals surface area contributed by atoms with Crippen LogP contribution in [0.4, 0.5) is 5.69 Å². The molecular formula is C21H22ClN3O2S. The highest BCUT2D eigenvalue weighted by Gasteiger charge is 2.39. The standard InChI is InChI=1S/C21H22ClN3O2S/c1-26-19-5-3-2-4-17(19)23-20(28)25-12-10-21(11-13-25)14-18(24-27-21)15-6-8-16(22)9-7-15/h2-9,14,24H,10-13H2,1H3,(H,23,28). The van der Waals surface area contributed by atoms with E-state index < -0.39 is 0 Å². The second kappa shape index (κ2) is 7.99. The van der Waals surface area contributed by atoms with Crippen LogP contribution in [0.15, 0.2) is 54.6 Å². The van der Waals surface area contributed by atoms with Crippen molar-refractivity contribution in [2.24, 2.45) is 0 Å². The number of rotatable bonds is 3. The molecule has 0 aromatic heterocycles. The molecule has 0 aliphatic carbocycles. The maximum Gasteiger partial charge on any atom is 0.173 e. The predicted octanol–water partition coefficient (Wildman–Crippen LogP) is 4.46. The number of halogens is 1. The SMILES string of the molecule is COc1ccccc1NC(=S)N1CCC2(C=C(c3ccc(Cl)cc3)NO2)CC1. The van der Waals surface area contributed by atoms with E-state index in [1.807, 2.05) is 48.5 Å². The van der Waals surface area contributed by atoms with Gasteiger partial charge in [-0.05, 0) is 48.1 Å². The van der Waals surface area contributed by atoms with Crippen LogP contribution >= 0.6 is 23.8 Å². The van der Waals surface area contributed by atoms with Gasteiger partial charge >= 0.3 is 0 Å². The van der Waals surface area contributed by atoms with Crippen LogP contribution in [0.3, 0.4) is 0 Å². The van der Waals surface area contributed by atoms with Crippen LogP contribution in [-0.2, 0) is 4.84 Å². The molecule has 0 unspecified atom stereocenters. The number of nitrogens with one attached hydrogen (secondary N) is 2. The molecule has 0 radical (unpaired) electrons. The smallest absolute Gasteiger partial charge is 0.173 e. The van der Waals surface area contributed by atoms with Gasteiger partial charge in [0.25, 0.3) is 0 Å². The van der Waals surface area contributed by atoms with Gasteiger partial charge in [-0.1, -0.05) is 35.9 Å². The van der Waals surface area contributed by atoms with Crippen LogP contribution in [0, 0.1) is 0 Å². The highest BCUT2D eigenvalue weighted by atomic mass is 35.5. The zero-order valence-corrected chi connectivity index (χ0v) is 17.1. The van der Waals surface area contributed by atoms with Crippen LogP contribution in [0.25, 0.3) is 5.70 Å². The van der Waals surface area contributed by atoms with Crippen LogP contribution in [-0.4, -0.2) is 35.8 Å². The summed E-state index contributed by atoms with van der Waals surface area (Å²) in [5.41, 5.74) is 5.71. The van der Waals surface area contributed by atoms with Crippen molar-refractivity contribution in [2.45, 2.75) is 18.4 Å². The summed E-state index contributed by atoms with van der Waals surface area (Å²) < 4.78 is 5.39. The van der Waals surface area contributed by atoms with Crippen LogP contribution in [0.2, 0.25) is 5.02 Å². The van der Waals surface area contributed by atoms with Crippen LogP contribution < -0.4 is 15.5 Å². The topological polar surface area (TPSA) is 45.8 Å². The van der Waals surface area contributed by atoms with Gasteiger partial charge in [0.2, 0.25) is 0 Å². The average molecular weight is 416 g/mol. The van der Waals surface area contributed by atoms with E-state index >= 15 is 0 Å². The monoisotopic (exact) mass is 415 g/mol. The number of nitrogens with zero attached hydrogens (tertiary/aromatic N) is 1. The highest BCUT2D eigenvalue weighted by molar-refractivity contribution is 7.80. The van der Waals surface area contributed by atoms with E-state index in [4.69, 9.17) is 33.4 Å². The van der Waals surface area contributed by atoms with Crippen LogP contribution in [0.5, 0.6) is 5.75 Å². The van der Waals surface area contributed by atoms with E-state index in [0.717, 1.165) is 53.7 Å². The molecule has 2 aliphatic rings. The number of hydrogen-bond acceptors (Lipinski definition) is 4. The minimum absolute atomic E-state index is 0.300. The first kappa shape index (κ1) is 19.1. The predicted molar refractivity (Wildman–Crippen MR) is 116 cm³/mol. The van der Waals surface area contributed by atoms with E-state index in [9.17, 15) is 0 Å². The first-order chi connectivity index (χ1) is 13.6. The van der Waals surface area contributed by atoms with Gasteiger partial charge in [-0.25, -0.2) is 0 Å². The maximum atomic E-state index is 5.98. The molecule has 2 aromatic carbocycles. The number of piperidine rings is 1. The molecule has 0 saturated carbocycles. The van der Waals surface area contributed by atoms with Crippen LogP contribution in [0.1, 0.15) is 18.4 Å². The van der Waals surface area contributed by atoms with Crippen molar-refractivity contribution in [1.29, 1.82) is 0 Å². The number of hydroxylamine groups is 1. The molecule has 0 atom stereocenters. The molecule has 146 valence electrons. The summed E-state index contributed by atoms with van der Waals surface area (Å²) in [6.45, 7) is 1.63. The van der Waals surface area contributed by atoms with E-state index in [0.29, 0.717) is 5.11 Å². The fourth-order valence-corrected chi connectivity index (χ4v) is 3.95. The molecule has 2 aliphatic heterocycles. The van der Waals surface area contributed by atoms with E-state index in [1.54, 1.807) is 7.11 Å². The first-order valence-corrected chi connectivity index (χ1v) is 9.99. The summed E-state index contributed by atoms with van der Waals surface area (Å²) in [5, 5.41) is 4.72. The molecule has 1 fully saturated rings. The zero-order valence-electron chi connectivity index (χ0n) is 15.6. The van der Waals surface area contributed by atoms with Gasteiger partial charge in [0, 0.05) is 31.0 Å². The summed E-state index contributed by atoms with van der Waals surface area (Å²) in [6.07, 6.45) is 3.89. The third kappa shape index (κ3) is 3.94. The Morgan fingerprint density at radius 2 is 1.89 bits per heavy atom. The molecule has 5 nitrogen and oxygen atoms in total. The number of likely N-dealkylation sites (tertiary alicyclic amines) is 1. The molecule has 2 aromatic rings. The third-order valence-corrected chi connectivity index (χ3v) is 5.78. The fourth-order valence-electron chi connectivity index (χ4n) is 3.53. The Balaban J connectivity index is 1.39. The van der Waals surface area contributed by atoms with Crippen molar-refractivity contribution in [3.63, 3.8) is 0 Å². The summed E-state index contributed by atoms with van der Waals surface area (Å²) in [5.74, 6) is 0.775. The normalized spacial score (nSPS) is 17.8. The van der Waals surface area contributed by atoms with Gasteiger partial charge in [-0.2, -0.15) is 0 Å². The molecule has 1 spiro atoms. The maximum absolute atomic E-state index is 5.98. The van der Waals surface area contributed by atoms with Gasteiger partial charge in [0.1, 0.15) is 11.4 Å². The summed E-state index contributed by atoms with van der Waals surface area (Å²) in [6, 6.07) is 15.5. The average Bonchev–Trinajstić information content (AvgIpc) is 3.13. The lowest BCUT2D eigenvalue weighted by Gasteiger charge is -2.38. The highest BCUT2D eigenvalue weighted by Crippen LogP contribution is 2.35. The van der Waals surface area contributed by atoms with Crippen molar-refractivity contribution in [2.75, 3.05) is 25.5 Å². The van der Waals surface area contributed by atoms with Gasteiger partial charge in [-0.3, -0.25) is 10.3 Å². The molecule has 0 amide bonds. The molecule has 0 bridgehead atoms. The molecule has 2 N–H and O–H groups in total. The second-order valence-electron chi connectivity index (χ2n) is 6.95. The molecule has 4 rings (SSSR count). The lowest BCUT2D eigenvalue weighted by atomic mass is 9.90. The number of benzene rings is 2. The third-order valence-electron chi connectivity index (χ3n) is 5.17. The second-order valence-corrected chi connectivity index (χ2v) is 7.77. The quantitative estimate of drug-likeness (QED) is 0.722. The van der Waals surface area contributed by atoms with E-state index in [-0.39, 0.29) is 5.60 Å². The summed E-state index contributed by atoms with van der Waals surface area (Å²) in [4.78, 5) is 8.15. The van der Waals surface area contributed by atoms with E-state index in [2.05, 4.69) is 21.8 Å². The Hall–Kier alpha value is -2.28. The number of ether oxygens (including phenoxy) is 1. The van der Waals surface area contributed by atoms with Crippen molar-refractivity contribution < 1.29 is 9.57 Å². The Morgan fingerprint density at radius 1 is 1.18 bits per heavy atom. The number of para-hydroxylation sites is 2. The Bertz CT molecular complexity index is 893. The van der Waals surface area contributed by atoms with Gasteiger partial charge < -0.3 is 15.0 Å². The summed E-state index contributed by atoms with van der Waals surface area (Å²) in [7, 11) is 1.66. The zero-order chi connectivity index (χ0) is 19.6.